The molecular weight excluding hydrogens is 410 g/mol. The highest BCUT2D eigenvalue weighted by atomic mass is 35.5. The standard InChI is InChI=1S/C21H20ClN3O3S/c1-3-28-17-8-6-16(7-9-17)25-11-10-23-20(21(25)27)29-13-19(26)24-18-12-15(22)5-4-14(18)2/h4-12H,3,13H2,1-2H3,(H,24,26). The van der Waals surface area contributed by atoms with Crippen LogP contribution in [0.3, 0.4) is 0 Å². The van der Waals surface area contributed by atoms with Crippen molar-refractivity contribution in [3.8, 4) is 11.4 Å². The molecule has 0 unspecified atom stereocenters. The number of rotatable bonds is 7. The number of nitrogens with zero attached hydrogens (tertiary/aromatic N) is 2. The van der Waals surface area contributed by atoms with E-state index in [-0.39, 0.29) is 22.2 Å². The van der Waals surface area contributed by atoms with Crippen LogP contribution in [0.15, 0.2) is 64.7 Å². The molecule has 0 aliphatic heterocycles. The number of carbonyl (C=O) groups excluding carboxylic acids is 1. The Morgan fingerprint density at radius 2 is 2.00 bits per heavy atom. The summed E-state index contributed by atoms with van der Waals surface area (Å²) >= 11 is 7.07. The fraction of sp³-hybridized carbons (Fsp3) is 0.190. The lowest BCUT2D eigenvalue weighted by atomic mass is 10.2. The number of anilines is 1. The van der Waals surface area contributed by atoms with Gasteiger partial charge in [0.25, 0.3) is 5.56 Å². The van der Waals surface area contributed by atoms with Gasteiger partial charge in [0, 0.05) is 28.8 Å². The van der Waals surface area contributed by atoms with Gasteiger partial charge in [-0.25, -0.2) is 4.98 Å². The van der Waals surface area contributed by atoms with E-state index in [1.54, 1.807) is 48.8 Å². The number of aromatic nitrogens is 2. The second kappa shape index (κ2) is 9.62. The van der Waals surface area contributed by atoms with Crippen molar-refractivity contribution in [1.29, 1.82) is 0 Å². The van der Waals surface area contributed by atoms with Gasteiger partial charge in [0.05, 0.1) is 12.4 Å². The van der Waals surface area contributed by atoms with Gasteiger partial charge in [-0.15, -0.1) is 0 Å². The first-order chi connectivity index (χ1) is 14.0. The number of amides is 1. The van der Waals surface area contributed by atoms with E-state index in [9.17, 15) is 9.59 Å². The molecule has 0 aliphatic carbocycles. The molecule has 6 nitrogen and oxygen atoms in total. The van der Waals surface area contributed by atoms with Gasteiger partial charge in [0.2, 0.25) is 5.91 Å². The van der Waals surface area contributed by atoms with Crippen LogP contribution in [0.1, 0.15) is 12.5 Å². The number of halogens is 1. The van der Waals surface area contributed by atoms with Crippen molar-refractivity contribution in [3.63, 3.8) is 0 Å². The molecule has 2 aromatic carbocycles. The Hall–Kier alpha value is -2.77. The van der Waals surface area contributed by atoms with Crippen LogP contribution in [0, 0.1) is 6.92 Å². The Morgan fingerprint density at radius 3 is 2.72 bits per heavy atom. The molecule has 1 amide bonds. The first kappa shape index (κ1) is 21.0. The van der Waals surface area contributed by atoms with Crippen LogP contribution < -0.4 is 15.6 Å². The van der Waals surface area contributed by atoms with E-state index in [2.05, 4.69) is 10.3 Å². The summed E-state index contributed by atoms with van der Waals surface area (Å²) in [5.74, 6) is 0.556. The molecule has 0 radical (unpaired) electrons. The molecule has 3 aromatic rings. The maximum atomic E-state index is 12.7. The summed E-state index contributed by atoms with van der Waals surface area (Å²) in [5, 5.41) is 3.60. The van der Waals surface area contributed by atoms with Crippen LogP contribution in [0.2, 0.25) is 5.02 Å². The summed E-state index contributed by atoms with van der Waals surface area (Å²) in [4.78, 5) is 29.2. The summed E-state index contributed by atoms with van der Waals surface area (Å²) in [6.45, 7) is 4.37. The van der Waals surface area contributed by atoms with Gasteiger partial charge in [0.15, 0.2) is 5.03 Å². The van der Waals surface area contributed by atoms with Gasteiger partial charge < -0.3 is 10.1 Å². The predicted molar refractivity (Wildman–Crippen MR) is 117 cm³/mol. The zero-order valence-electron chi connectivity index (χ0n) is 16.0. The monoisotopic (exact) mass is 429 g/mol. The Labute approximate surface area is 177 Å². The van der Waals surface area contributed by atoms with Crippen LogP contribution in [0.25, 0.3) is 5.69 Å². The highest BCUT2D eigenvalue weighted by molar-refractivity contribution is 7.99. The topological polar surface area (TPSA) is 73.2 Å². The summed E-state index contributed by atoms with van der Waals surface area (Å²) in [7, 11) is 0. The molecule has 0 fully saturated rings. The molecule has 150 valence electrons. The largest absolute Gasteiger partial charge is 0.494 e. The lowest BCUT2D eigenvalue weighted by molar-refractivity contribution is -0.113. The van der Waals surface area contributed by atoms with E-state index < -0.39 is 0 Å². The number of ether oxygens (including phenoxy) is 1. The number of aryl methyl sites for hydroxylation is 1. The molecule has 1 N–H and O–H groups in total. The van der Waals surface area contributed by atoms with Crippen molar-refractivity contribution in [3.05, 3.63) is 75.8 Å². The predicted octanol–water partition coefficient (Wildman–Crippen LogP) is 4.32. The minimum atomic E-state index is -0.284. The summed E-state index contributed by atoms with van der Waals surface area (Å²) in [6, 6.07) is 12.5. The van der Waals surface area contributed by atoms with Crippen molar-refractivity contribution < 1.29 is 9.53 Å². The van der Waals surface area contributed by atoms with E-state index >= 15 is 0 Å². The first-order valence-corrected chi connectivity index (χ1v) is 10.3. The Bertz CT molecular complexity index is 1070. The van der Waals surface area contributed by atoms with E-state index in [1.807, 2.05) is 19.9 Å². The molecular formula is C21H20ClN3O3S. The van der Waals surface area contributed by atoms with E-state index in [0.717, 1.165) is 23.1 Å². The Balaban J connectivity index is 1.70. The van der Waals surface area contributed by atoms with Crippen LogP contribution in [0.4, 0.5) is 5.69 Å². The van der Waals surface area contributed by atoms with Gasteiger partial charge in [-0.1, -0.05) is 29.4 Å². The van der Waals surface area contributed by atoms with E-state index in [0.29, 0.717) is 23.0 Å². The maximum Gasteiger partial charge on any atom is 0.287 e. The van der Waals surface area contributed by atoms with Crippen molar-refractivity contribution in [2.75, 3.05) is 17.7 Å². The molecule has 3 rings (SSSR count). The third-order valence-corrected chi connectivity index (χ3v) is 5.24. The Morgan fingerprint density at radius 1 is 1.24 bits per heavy atom. The average molecular weight is 430 g/mol. The number of hydrogen-bond donors (Lipinski definition) is 1. The number of benzene rings is 2. The third-order valence-electron chi connectivity index (χ3n) is 4.05. The lowest BCUT2D eigenvalue weighted by Gasteiger charge is -2.10. The SMILES string of the molecule is CCOc1ccc(-n2ccnc(SCC(=O)Nc3cc(Cl)ccc3C)c2=O)cc1. The third kappa shape index (κ3) is 5.40. The van der Waals surface area contributed by atoms with Crippen molar-refractivity contribution >= 4 is 35.0 Å². The van der Waals surface area contributed by atoms with Crippen molar-refractivity contribution in [2.45, 2.75) is 18.9 Å². The number of nitrogens with one attached hydrogen (secondary N) is 1. The molecule has 0 saturated heterocycles. The normalized spacial score (nSPS) is 10.6. The van der Waals surface area contributed by atoms with Crippen LogP contribution in [0.5, 0.6) is 5.75 Å². The smallest absolute Gasteiger partial charge is 0.287 e. The average Bonchev–Trinajstić information content (AvgIpc) is 2.71. The summed E-state index contributed by atoms with van der Waals surface area (Å²) in [6.07, 6.45) is 3.14. The number of carbonyl (C=O) groups is 1. The second-order valence-corrected chi connectivity index (χ2v) is 7.53. The molecule has 0 bridgehead atoms. The molecule has 1 heterocycles. The van der Waals surface area contributed by atoms with E-state index in [4.69, 9.17) is 16.3 Å². The van der Waals surface area contributed by atoms with Crippen LogP contribution in [-0.4, -0.2) is 27.8 Å². The van der Waals surface area contributed by atoms with Crippen LogP contribution >= 0.6 is 23.4 Å². The van der Waals surface area contributed by atoms with Gasteiger partial charge in [0.1, 0.15) is 5.75 Å². The summed E-state index contributed by atoms with van der Waals surface area (Å²) < 4.78 is 6.91. The molecule has 8 heteroatoms. The number of hydrogen-bond acceptors (Lipinski definition) is 5. The molecule has 0 atom stereocenters. The first-order valence-electron chi connectivity index (χ1n) is 8.97. The zero-order chi connectivity index (χ0) is 20.8. The fourth-order valence-electron chi connectivity index (χ4n) is 2.61. The molecule has 0 spiro atoms. The van der Waals surface area contributed by atoms with Crippen molar-refractivity contribution in [1.82, 2.24) is 9.55 Å². The molecule has 0 saturated carbocycles. The highest BCUT2D eigenvalue weighted by Crippen LogP contribution is 2.21. The molecule has 29 heavy (non-hydrogen) atoms. The van der Waals surface area contributed by atoms with Gasteiger partial charge in [-0.2, -0.15) is 0 Å². The highest BCUT2D eigenvalue weighted by Gasteiger charge is 2.11. The maximum absolute atomic E-state index is 12.7. The number of thioether (sulfide) groups is 1. The van der Waals surface area contributed by atoms with Gasteiger partial charge in [-0.3, -0.25) is 14.2 Å². The van der Waals surface area contributed by atoms with E-state index in [1.165, 1.54) is 4.57 Å². The zero-order valence-corrected chi connectivity index (χ0v) is 17.6. The molecule has 1 aromatic heterocycles. The van der Waals surface area contributed by atoms with Gasteiger partial charge >= 0.3 is 0 Å². The van der Waals surface area contributed by atoms with Crippen molar-refractivity contribution in [2.24, 2.45) is 0 Å². The minimum absolute atomic E-state index is 0.0570. The quantitative estimate of drug-likeness (QED) is 0.566. The fourth-order valence-corrected chi connectivity index (χ4v) is 3.48. The lowest BCUT2D eigenvalue weighted by Crippen LogP contribution is -2.22. The van der Waals surface area contributed by atoms with Gasteiger partial charge in [-0.05, 0) is 55.8 Å². The summed E-state index contributed by atoms with van der Waals surface area (Å²) in [5.41, 5.74) is 1.97. The second-order valence-electron chi connectivity index (χ2n) is 6.13. The minimum Gasteiger partial charge on any atom is -0.494 e. The Kier molecular flexibility index (Phi) is 6.95. The van der Waals surface area contributed by atoms with Crippen LogP contribution in [-0.2, 0) is 4.79 Å². The molecule has 0 aliphatic rings.